The number of aromatic nitrogens is 2. The zero-order valence-corrected chi connectivity index (χ0v) is 20.4. The van der Waals surface area contributed by atoms with Crippen LogP contribution in [-0.2, 0) is 14.3 Å². The molecule has 1 amide bonds. The highest BCUT2D eigenvalue weighted by molar-refractivity contribution is 7.10. The van der Waals surface area contributed by atoms with Crippen molar-refractivity contribution in [1.29, 1.82) is 0 Å². The van der Waals surface area contributed by atoms with Crippen molar-refractivity contribution in [2.45, 2.75) is 19.4 Å². The second kappa shape index (κ2) is 10.2. The molecule has 35 heavy (non-hydrogen) atoms. The smallest absolute Gasteiger partial charge is 0.295 e. The number of rotatable bonds is 7. The number of aliphatic hydroxyl groups is 1. The van der Waals surface area contributed by atoms with Crippen LogP contribution in [0.2, 0.25) is 0 Å². The van der Waals surface area contributed by atoms with Gasteiger partial charge in [0.15, 0.2) is 0 Å². The molecule has 0 spiro atoms. The molecule has 8 nitrogen and oxygen atoms in total. The Kier molecular flexibility index (Phi) is 6.81. The Balaban J connectivity index is 1.47. The fraction of sp³-hybridized carbons (Fsp3) is 0.346. The van der Waals surface area contributed by atoms with Crippen LogP contribution >= 0.6 is 11.3 Å². The van der Waals surface area contributed by atoms with Crippen molar-refractivity contribution in [3.05, 3.63) is 75.7 Å². The van der Waals surface area contributed by atoms with Gasteiger partial charge in [-0.15, -0.1) is 11.3 Å². The summed E-state index contributed by atoms with van der Waals surface area (Å²) in [6, 6.07) is 12.8. The van der Waals surface area contributed by atoms with Gasteiger partial charge in [0.1, 0.15) is 5.76 Å². The van der Waals surface area contributed by atoms with Gasteiger partial charge in [-0.2, -0.15) is 5.10 Å². The van der Waals surface area contributed by atoms with Crippen molar-refractivity contribution in [2.75, 3.05) is 39.4 Å². The van der Waals surface area contributed by atoms with E-state index in [1.54, 1.807) is 15.8 Å². The van der Waals surface area contributed by atoms with Gasteiger partial charge in [0.2, 0.25) is 0 Å². The molecule has 2 aliphatic heterocycles. The molecule has 1 aromatic carbocycles. The fourth-order valence-electron chi connectivity index (χ4n) is 4.76. The van der Waals surface area contributed by atoms with Crippen LogP contribution in [0.4, 0.5) is 0 Å². The van der Waals surface area contributed by atoms with Crippen molar-refractivity contribution in [1.82, 2.24) is 19.6 Å². The van der Waals surface area contributed by atoms with Gasteiger partial charge < -0.3 is 14.7 Å². The summed E-state index contributed by atoms with van der Waals surface area (Å²) in [5.41, 5.74) is 2.11. The molecular weight excluding hydrogens is 464 g/mol. The molecule has 4 heterocycles. The monoisotopic (exact) mass is 492 g/mol. The minimum absolute atomic E-state index is 0.125. The van der Waals surface area contributed by atoms with E-state index in [1.807, 2.05) is 54.8 Å². The summed E-state index contributed by atoms with van der Waals surface area (Å²) in [4.78, 5) is 31.1. The van der Waals surface area contributed by atoms with Crippen LogP contribution in [0.25, 0.3) is 11.4 Å². The van der Waals surface area contributed by atoms with Crippen LogP contribution in [0, 0.1) is 6.92 Å². The molecule has 0 bridgehead atoms. The maximum atomic E-state index is 13.2. The van der Waals surface area contributed by atoms with Crippen LogP contribution in [-0.4, -0.2) is 75.8 Å². The van der Waals surface area contributed by atoms with Crippen LogP contribution in [0.3, 0.4) is 0 Å². The fourth-order valence-corrected chi connectivity index (χ4v) is 5.60. The number of ketones is 1. The van der Waals surface area contributed by atoms with Crippen LogP contribution in [0.15, 0.2) is 59.6 Å². The summed E-state index contributed by atoms with van der Waals surface area (Å²) in [5.74, 6) is -1.41. The zero-order valence-electron chi connectivity index (χ0n) is 19.6. The number of amides is 1. The number of thiophene rings is 1. The predicted octanol–water partition coefficient (Wildman–Crippen LogP) is 3.39. The van der Waals surface area contributed by atoms with Crippen molar-refractivity contribution in [3.63, 3.8) is 0 Å². The highest BCUT2D eigenvalue weighted by atomic mass is 32.1. The summed E-state index contributed by atoms with van der Waals surface area (Å²) >= 11 is 1.47. The number of likely N-dealkylation sites (tertiary alicyclic amines) is 1. The summed E-state index contributed by atoms with van der Waals surface area (Å²) < 4.78 is 7.12. The number of nitrogens with zero attached hydrogens (tertiary/aromatic N) is 4. The number of aliphatic hydroxyl groups excluding tert-OH is 1. The minimum Gasteiger partial charge on any atom is -0.507 e. The number of hydrogen-bond acceptors (Lipinski definition) is 7. The Morgan fingerprint density at radius 1 is 1.11 bits per heavy atom. The van der Waals surface area contributed by atoms with Crippen molar-refractivity contribution < 1.29 is 19.4 Å². The number of Topliss-reactive ketones (excluding diaryl/α,β-unsaturated/α-hetero) is 1. The summed E-state index contributed by atoms with van der Waals surface area (Å²) in [6.45, 7) is 6.28. The lowest BCUT2D eigenvalue weighted by molar-refractivity contribution is -0.140. The van der Waals surface area contributed by atoms with E-state index in [-0.39, 0.29) is 11.3 Å². The molecule has 182 valence electrons. The molecule has 9 heteroatoms. The number of morpholine rings is 1. The Labute approximate surface area is 208 Å². The summed E-state index contributed by atoms with van der Waals surface area (Å²) in [5, 5.41) is 17.7. The maximum Gasteiger partial charge on any atom is 0.295 e. The van der Waals surface area contributed by atoms with Crippen LogP contribution < -0.4 is 0 Å². The Bertz CT molecular complexity index is 1230. The molecule has 0 unspecified atom stereocenters. The number of hydrogen-bond donors (Lipinski definition) is 1. The highest BCUT2D eigenvalue weighted by Gasteiger charge is 2.46. The average Bonchev–Trinajstić information content (AvgIpc) is 3.60. The molecule has 2 aromatic heterocycles. The number of carbonyl (C=O) groups is 2. The van der Waals surface area contributed by atoms with Gasteiger partial charge >= 0.3 is 0 Å². The quantitative estimate of drug-likeness (QED) is 0.309. The Morgan fingerprint density at radius 3 is 2.60 bits per heavy atom. The van der Waals surface area contributed by atoms with E-state index in [2.05, 4.69) is 10.00 Å². The highest BCUT2D eigenvalue weighted by Crippen LogP contribution is 2.41. The lowest BCUT2D eigenvalue weighted by atomic mass is 10.00. The number of carbonyl (C=O) groups excluding carboxylic acids is 2. The Morgan fingerprint density at radius 2 is 1.89 bits per heavy atom. The van der Waals surface area contributed by atoms with E-state index in [0.717, 1.165) is 49.8 Å². The minimum atomic E-state index is -0.654. The molecule has 3 aromatic rings. The maximum absolute atomic E-state index is 13.2. The first-order valence-electron chi connectivity index (χ1n) is 11.8. The summed E-state index contributed by atoms with van der Waals surface area (Å²) in [6.07, 6.45) is 2.29. The van der Waals surface area contributed by atoms with Crippen LogP contribution in [0.5, 0.6) is 0 Å². The van der Waals surface area contributed by atoms with Crippen molar-refractivity contribution in [2.24, 2.45) is 0 Å². The normalized spacial score (nSPS) is 20.6. The second-order valence-electron chi connectivity index (χ2n) is 8.71. The van der Waals surface area contributed by atoms with E-state index in [0.29, 0.717) is 17.8 Å². The van der Waals surface area contributed by atoms with Gasteiger partial charge in [-0.1, -0.05) is 24.3 Å². The first-order valence-corrected chi connectivity index (χ1v) is 12.7. The molecule has 2 saturated heterocycles. The summed E-state index contributed by atoms with van der Waals surface area (Å²) in [7, 11) is 0. The van der Waals surface area contributed by atoms with Crippen molar-refractivity contribution in [3.8, 4) is 5.69 Å². The Hall–Kier alpha value is -3.27. The molecule has 2 aliphatic rings. The van der Waals surface area contributed by atoms with E-state index >= 15 is 0 Å². The first kappa shape index (κ1) is 23.5. The van der Waals surface area contributed by atoms with Gasteiger partial charge in [-0.05, 0) is 36.9 Å². The average molecular weight is 493 g/mol. The molecule has 1 atom stereocenters. The van der Waals surface area contributed by atoms with Gasteiger partial charge in [-0.25, -0.2) is 4.68 Å². The molecule has 5 rings (SSSR count). The molecule has 0 saturated carbocycles. The molecule has 2 fully saturated rings. The van der Waals surface area contributed by atoms with Crippen LogP contribution in [0.1, 0.15) is 28.6 Å². The number of para-hydroxylation sites is 1. The number of ether oxygens (including phenoxy) is 1. The van der Waals surface area contributed by atoms with Gasteiger partial charge in [0.05, 0.1) is 48.0 Å². The van der Waals surface area contributed by atoms with E-state index < -0.39 is 17.7 Å². The van der Waals surface area contributed by atoms with Gasteiger partial charge in [0, 0.05) is 31.1 Å². The van der Waals surface area contributed by atoms with Gasteiger partial charge in [-0.3, -0.25) is 14.5 Å². The van der Waals surface area contributed by atoms with E-state index in [1.165, 1.54) is 11.3 Å². The topological polar surface area (TPSA) is 87.9 Å². The molecular formula is C26H28N4O4S. The van der Waals surface area contributed by atoms with E-state index in [9.17, 15) is 14.7 Å². The predicted molar refractivity (Wildman–Crippen MR) is 134 cm³/mol. The van der Waals surface area contributed by atoms with Gasteiger partial charge in [0.25, 0.3) is 11.7 Å². The standard InChI is InChI=1S/C26H28N4O4S/c1-18-20(17-27-30(18)19-7-3-2-4-8-19)24(31)22-23(21-9-5-16-35-21)29(26(33)25(22)32)11-6-10-28-12-14-34-15-13-28/h2-5,7-9,16-17,23,31H,6,10-15H2,1H3/b24-22+/t23-/m1/s1. The lowest BCUT2D eigenvalue weighted by Crippen LogP contribution is -2.38. The SMILES string of the molecule is Cc1c(/C(O)=C2\C(=O)C(=O)N(CCCN3CCOCC3)[C@@H]2c2cccs2)cnn1-c1ccccc1. The third-order valence-corrected chi connectivity index (χ3v) is 7.52. The third kappa shape index (κ3) is 4.54. The molecule has 0 aliphatic carbocycles. The lowest BCUT2D eigenvalue weighted by Gasteiger charge is -2.28. The zero-order chi connectivity index (χ0) is 24.4. The molecule has 1 N–H and O–H groups in total. The first-order chi connectivity index (χ1) is 17.1. The molecule has 0 radical (unpaired) electrons. The second-order valence-corrected chi connectivity index (χ2v) is 9.69. The number of benzene rings is 1. The van der Waals surface area contributed by atoms with E-state index in [4.69, 9.17) is 4.74 Å². The third-order valence-electron chi connectivity index (χ3n) is 6.60. The van der Waals surface area contributed by atoms with Crippen molar-refractivity contribution >= 4 is 28.8 Å². The largest absolute Gasteiger partial charge is 0.507 e.